The maximum atomic E-state index is 9.70. The Kier molecular flexibility index (Phi) is 3.23. The quantitative estimate of drug-likeness (QED) is 0.315. The minimum absolute atomic E-state index is 0.143. The maximum absolute atomic E-state index is 9.70. The molecule has 1 heterocycles. The highest BCUT2D eigenvalue weighted by Gasteiger charge is 2.49. The number of ether oxygens (including phenoxy) is 1. The molecule has 13 heavy (non-hydrogen) atoms. The Morgan fingerprint density at radius 3 is 2.54 bits per heavy atom. The third-order valence-corrected chi connectivity index (χ3v) is 2.42. The van der Waals surface area contributed by atoms with E-state index in [0.29, 0.717) is 0 Å². The molecule has 1 rings (SSSR count). The molecule has 6 N–H and O–H groups in total. The van der Waals surface area contributed by atoms with Crippen LogP contribution in [-0.2, 0) is 4.74 Å². The molecule has 0 aromatic heterocycles. The normalized spacial score (nSPS) is 46.4. The highest BCUT2D eigenvalue weighted by molar-refractivity contribution is 5.00. The predicted molar refractivity (Wildman–Crippen MR) is 42.8 cm³/mol. The fourth-order valence-electron chi connectivity index (χ4n) is 1.38. The van der Waals surface area contributed by atoms with E-state index in [1.165, 1.54) is 0 Å². The molecule has 0 saturated carbocycles. The van der Waals surface area contributed by atoms with Crippen LogP contribution >= 0.6 is 0 Å². The number of nitrogens with two attached hydrogens (primary N) is 1. The van der Waals surface area contributed by atoms with Gasteiger partial charge in [-0.2, -0.15) is 0 Å². The van der Waals surface area contributed by atoms with E-state index in [2.05, 4.69) is 0 Å². The van der Waals surface area contributed by atoms with Crippen LogP contribution in [0.15, 0.2) is 0 Å². The summed E-state index contributed by atoms with van der Waals surface area (Å²) in [6.07, 6.45) is -3.49. The molecule has 0 aromatic rings. The lowest BCUT2D eigenvalue weighted by atomic mass is 9.85. The van der Waals surface area contributed by atoms with E-state index in [9.17, 15) is 15.3 Å². The van der Waals surface area contributed by atoms with Gasteiger partial charge < -0.3 is 30.9 Å². The van der Waals surface area contributed by atoms with Crippen LogP contribution in [0, 0.1) is 0 Å². The fraction of sp³-hybridized carbons (Fsp3) is 1.00. The predicted octanol–water partition coefficient (Wildman–Crippen LogP) is -3.21. The molecule has 0 bridgehead atoms. The molecule has 0 aromatic carbocycles. The Hall–Kier alpha value is -0.240. The Morgan fingerprint density at radius 2 is 2.08 bits per heavy atom. The number of hydrogen-bond acceptors (Lipinski definition) is 6. The van der Waals surface area contributed by atoms with Crippen molar-refractivity contribution >= 4 is 0 Å². The van der Waals surface area contributed by atoms with Crippen LogP contribution in [0.3, 0.4) is 0 Å². The molecule has 0 amide bonds. The van der Waals surface area contributed by atoms with Crippen LogP contribution in [0.25, 0.3) is 0 Å². The van der Waals surface area contributed by atoms with Gasteiger partial charge in [0.05, 0.1) is 13.2 Å². The summed E-state index contributed by atoms with van der Waals surface area (Å²) < 4.78 is 4.88. The standard InChI is InChI=1S/C7H15NO5/c8-3-7(12)5(10)2-13-4(1-9)6(7)11/h4-6,9-12H,1-3,8H2/t4-,5+,6+,7+/m1/s1. The molecule has 0 aliphatic carbocycles. The lowest BCUT2D eigenvalue weighted by Gasteiger charge is -2.43. The van der Waals surface area contributed by atoms with E-state index < -0.39 is 30.5 Å². The number of aliphatic hydroxyl groups excluding tert-OH is 3. The molecular formula is C7H15NO5. The highest BCUT2D eigenvalue weighted by Crippen LogP contribution is 2.24. The van der Waals surface area contributed by atoms with Crippen LogP contribution in [-0.4, -0.2) is 64.1 Å². The first-order valence-electron chi connectivity index (χ1n) is 4.07. The van der Waals surface area contributed by atoms with Gasteiger partial charge in [0.15, 0.2) is 0 Å². The number of aliphatic hydroxyl groups is 4. The van der Waals surface area contributed by atoms with Crippen molar-refractivity contribution in [3.63, 3.8) is 0 Å². The van der Waals surface area contributed by atoms with Crippen molar-refractivity contribution in [3.8, 4) is 0 Å². The van der Waals surface area contributed by atoms with Gasteiger partial charge >= 0.3 is 0 Å². The van der Waals surface area contributed by atoms with Crippen molar-refractivity contribution in [2.45, 2.75) is 23.9 Å². The van der Waals surface area contributed by atoms with E-state index >= 15 is 0 Å². The van der Waals surface area contributed by atoms with Gasteiger partial charge in [0.1, 0.15) is 23.9 Å². The summed E-state index contributed by atoms with van der Waals surface area (Å²) in [4.78, 5) is 0. The molecule has 1 aliphatic rings. The number of rotatable bonds is 2. The molecule has 6 nitrogen and oxygen atoms in total. The Labute approximate surface area is 75.6 Å². The van der Waals surface area contributed by atoms with Crippen molar-refractivity contribution in [3.05, 3.63) is 0 Å². The van der Waals surface area contributed by atoms with Gasteiger partial charge in [-0.05, 0) is 0 Å². The monoisotopic (exact) mass is 193 g/mol. The van der Waals surface area contributed by atoms with Gasteiger partial charge in [-0.3, -0.25) is 0 Å². The molecule has 78 valence electrons. The average Bonchev–Trinajstić information content (AvgIpc) is 2.15. The molecule has 1 saturated heterocycles. The topological polar surface area (TPSA) is 116 Å². The van der Waals surface area contributed by atoms with Gasteiger partial charge in [-0.25, -0.2) is 0 Å². The van der Waals surface area contributed by atoms with Crippen LogP contribution in [0.4, 0.5) is 0 Å². The maximum Gasteiger partial charge on any atom is 0.133 e. The summed E-state index contributed by atoms with van der Waals surface area (Å²) in [5, 5.41) is 37.3. The van der Waals surface area contributed by atoms with Crippen molar-refractivity contribution in [2.75, 3.05) is 19.8 Å². The van der Waals surface area contributed by atoms with Crippen LogP contribution < -0.4 is 5.73 Å². The van der Waals surface area contributed by atoms with Crippen LogP contribution in [0.5, 0.6) is 0 Å². The smallest absolute Gasteiger partial charge is 0.133 e. The third-order valence-electron chi connectivity index (χ3n) is 2.42. The second-order valence-corrected chi connectivity index (χ2v) is 3.21. The van der Waals surface area contributed by atoms with Crippen molar-refractivity contribution in [2.24, 2.45) is 5.73 Å². The van der Waals surface area contributed by atoms with Crippen LogP contribution in [0.1, 0.15) is 0 Å². The number of hydrogen-bond donors (Lipinski definition) is 5. The average molecular weight is 193 g/mol. The summed E-state index contributed by atoms with van der Waals surface area (Å²) in [5.74, 6) is 0. The first kappa shape index (κ1) is 10.8. The minimum atomic E-state index is -1.79. The zero-order valence-electron chi connectivity index (χ0n) is 7.13. The van der Waals surface area contributed by atoms with Gasteiger partial charge in [0.25, 0.3) is 0 Å². The first-order chi connectivity index (χ1) is 6.06. The van der Waals surface area contributed by atoms with Crippen molar-refractivity contribution in [1.82, 2.24) is 0 Å². The van der Waals surface area contributed by atoms with Gasteiger partial charge in [-0.15, -0.1) is 0 Å². The molecule has 0 unspecified atom stereocenters. The summed E-state index contributed by atoms with van der Waals surface area (Å²) in [5.41, 5.74) is 3.44. The molecule has 0 spiro atoms. The summed E-state index contributed by atoms with van der Waals surface area (Å²) >= 11 is 0. The molecular weight excluding hydrogens is 178 g/mol. The van der Waals surface area contributed by atoms with Crippen molar-refractivity contribution in [1.29, 1.82) is 0 Å². The largest absolute Gasteiger partial charge is 0.394 e. The molecule has 6 heteroatoms. The lowest BCUT2D eigenvalue weighted by Crippen LogP contribution is -2.66. The molecule has 4 atom stereocenters. The summed E-state index contributed by atoms with van der Waals surface area (Å²) in [6, 6.07) is 0. The van der Waals surface area contributed by atoms with Crippen LogP contribution in [0.2, 0.25) is 0 Å². The summed E-state index contributed by atoms with van der Waals surface area (Å²) in [6.45, 7) is -0.846. The Morgan fingerprint density at radius 1 is 1.46 bits per heavy atom. The summed E-state index contributed by atoms with van der Waals surface area (Å²) in [7, 11) is 0. The van der Waals surface area contributed by atoms with E-state index in [-0.39, 0.29) is 13.2 Å². The van der Waals surface area contributed by atoms with Gasteiger partial charge in [-0.1, -0.05) is 0 Å². The van der Waals surface area contributed by atoms with Gasteiger partial charge in [0.2, 0.25) is 0 Å². The highest BCUT2D eigenvalue weighted by atomic mass is 16.5. The SMILES string of the molecule is NC[C@]1(O)[C@@H](O)CO[C@H](CO)[C@@H]1O. The van der Waals surface area contributed by atoms with E-state index in [0.717, 1.165) is 0 Å². The molecule has 1 aliphatic heterocycles. The first-order valence-corrected chi connectivity index (χ1v) is 4.07. The zero-order valence-corrected chi connectivity index (χ0v) is 7.13. The van der Waals surface area contributed by atoms with E-state index in [1.807, 2.05) is 0 Å². The van der Waals surface area contributed by atoms with Crippen molar-refractivity contribution < 1.29 is 25.2 Å². The van der Waals surface area contributed by atoms with Gasteiger partial charge in [0, 0.05) is 6.54 Å². The Balaban J connectivity index is 2.77. The minimum Gasteiger partial charge on any atom is -0.394 e. The lowest BCUT2D eigenvalue weighted by molar-refractivity contribution is -0.242. The fourth-order valence-corrected chi connectivity index (χ4v) is 1.38. The molecule has 1 fully saturated rings. The van der Waals surface area contributed by atoms with E-state index in [1.54, 1.807) is 0 Å². The zero-order chi connectivity index (χ0) is 10.1. The second-order valence-electron chi connectivity index (χ2n) is 3.21. The molecule has 0 radical (unpaired) electrons. The van der Waals surface area contributed by atoms with E-state index in [4.69, 9.17) is 15.6 Å². The second kappa shape index (κ2) is 3.87. The third kappa shape index (κ3) is 1.69. The Bertz CT molecular complexity index is 178.